The lowest BCUT2D eigenvalue weighted by atomic mass is 10.2. The minimum absolute atomic E-state index is 0.0445. The van der Waals surface area contributed by atoms with Crippen LogP contribution in [0.4, 0.5) is 5.69 Å². The van der Waals surface area contributed by atoms with Crippen molar-refractivity contribution in [3.63, 3.8) is 0 Å². The number of carbonyl (C=O) groups excluding carboxylic acids is 1. The van der Waals surface area contributed by atoms with Crippen LogP contribution in [-0.2, 0) is 7.05 Å². The van der Waals surface area contributed by atoms with E-state index in [0.717, 1.165) is 29.3 Å². The second kappa shape index (κ2) is 6.53. The van der Waals surface area contributed by atoms with Crippen LogP contribution in [0.5, 0.6) is 0 Å². The standard InChI is InChI=1S/C18H19N5O2S/c1-12-16(26-11-20-12)18(25)23-7-5-22(6-8-23)13-3-4-14-15(9-13)19-10-21(2)17(14)24/h3-4,9-11H,5-8H2,1-2H3. The summed E-state index contributed by atoms with van der Waals surface area (Å²) in [5.74, 6) is 0.0633. The predicted molar refractivity (Wildman–Crippen MR) is 102 cm³/mol. The molecule has 0 N–H and O–H groups in total. The van der Waals surface area contributed by atoms with Gasteiger partial charge in [0.05, 0.1) is 28.4 Å². The maximum Gasteiger partial charge on any atom is 0.265 e. The van der Waals surface area contributed by atoms with Gasteiger partial charge in [0.15, 0.2) is 0 Å². The third-order valence-electron chi connectivity index (χ3n) is 4.77. The number of hydrogen-bond acceptors (Lipinski definition) is 6. The van der Waals surface area contributed by atoms with Crippen LogP contribution in [0.3, 0.4) is 0 Å². The van der Waals surface area contributed by atoms with Crippen molar-refractivity contribution in [2.24, 2.45) is 7.05 Å². The van der Waals surface area contributed by atoms with Crippen LogP contribution in [0, 0.1) is 6.92 Å². The molecule has 8 heteroatoms. The number of nitrogens with zero attached hydrogens (tertiary/aromatic N) is 5. The van der Waals surface area contributed by atoms with Crippen molar-refractivity contribution in [3.05, 3.63) is 51.0 Å². The zero-order valence-electron chi connectivity index (χ0n) is 14.7. The van der Waals surface area contributed by atoms with E-state index in [-0.39, 0.29) is 11.5 Å². The van der Waals surface area contributed by atoms with Crippen LogP contribution < -0.4 is 10.5 Å². The second-order valence-electron chi connectivity index (χ2n) is 6.41. The van der Waals surface area contributed by atoms with Gasteiger partial charge >= 0.3 is 0 Å². The second-order valence-corrected chi connectivity index (χ2v) is 7.26. The summed E-state index contributed by atoms with van der Waals surface area (Å²) in [7, 11) is 1.70. The number of rotatable bonds is 2. The SMILES string of the molecule is Cc1ncsc1C(=O)N1CCN(c2ccc3c(=O)n(C)cnc3c2)CC1. The summed E-state index contributed by atoms with van der Waals surface area (Å²) in [6.45, 7) is 4.70. The van der Waals surface area contributed by atoms with E-state index in [9.17, 15) is 9.59 Å². The fourth-order valence-electron chi connectivity index (χ4n) is 3.21. The molecule has 1 aliphatic rings. The summed E-state index contributed by atoms with van der Waals surface area (Å²) >= 11 is 1.40. The summed E-state index contributed by atoms with van der Waals surface area (Å²) < 4.78 is 1.48. The van der Waals surface area contributed by atoms with Crippen LogP contribution in [0.2, 0.25) is 0 Å². The van der Waals surface area contributed by atoms with E-state index in [2.05, 4.69) is 14.9 Å². The summed E-state index contributed by atoms with van der Waals surface area (Å²) in [5.41, 5.74) is 4.19. The molecule has 0 aliphatic carbocycles. The fourth-order valence-corrected chi connectivity index (χ4v) is 3.98. The monoisotopic (exact) mass is 369 g/mol. The quantitative estimate of drug-likeness (QED) is 0.687. The molecule has 4 rings (SSSR count). The Morgan fingerprint density at radius 1 is 1.15 bits per heavy atom. The molecule has 0 unspecified atom stereocenters. The van der Waals surface area contributed by atoms with E-state index >= 15 is 0 Å². The molecule has 7 nitrogen and oxygen atoms in total. The average Bonchev–Trinajstić information content (AvgIpc) is 3.10. The first kappa shape index (κ1) is 16.7. The molecule has 1 aromatic carbocycles. The Kier molecular flexibility index (Phi) is 4.20. The van der Waals surface area contributed by atoms with E-state index in [1.807, 2.05) is 30.0 Å². The van der Waals surface area contributed by atoms with E-state index in [1.54, 1.807) is 18.9 Å². The molecular weight excluding hydrogens is 350 g/mol. The van der Waals surface area contributed by atoms with Gasteiger partial charge in [-0.25, -0.2) is 9.97 Å². The average molecular weight is 369 g/mol. The first-order valence-electron chi connectivity index (χ1n) is 8.44. The fraction of sp³-hybridized carbons (Fsp3) is 0.333. The van der Waals surface area contributed by atoms with Crippen molar-refractivity contribution in [3.8, 4) is 0 Å². The lowest BCUT2D eigenvalue weighted by Gasteiger charge is -2.36. The van der Waals surface area contributed by atoms with Gasteiger partial charge in [0.1, 0.15) is 4.88 Å². The van der Waals surface area contributed by atoms with E-state index in [0.29, 0.717) is 24.0 Å². The van der Waals surface area contributed by atoms with Crippen LogP contribution in [-0.4, -0.2) is 51.5 Å². The molecule has 0 saturated carbocycles. The van der Waals surface area contributed by atoms with Crippen LogP contribution in [0.15, 0.2) is 34.8 Å². The Hall–Kier alpha value is -2.74. The van der Waals surface area contributed by atoms with Crippen molar-refractivity contribution in [2.75, 3.05) is 31.1 Å². The molecule has 0 bridgehead atoms. The number of fused-ring (bicyclic) bond motifs is 1. The summed E-state index contributed by atoms with van der Waals surface area (Å²) in [4.78, 5) is 38.1. The van der Waals surface area contributed by atoms with Crippen molar-refractivity contribution >= 4 is 33.8 Å². The molecule has 26 heavy (non-hydrogen) atoms. The van der Waals surface area contributed by atoms with E-state index < -0.39 is 0 Å². The molecule has 1 aliphatic heterocycles. The van der Waals surface area contributed by atoms with E-state index in [1.165, 1.54) is 15.9 Å². The molecule has 3 heterocycles. The maximum atomic E-state index is 12.6. The number of aromatic nitrogens is 3. The smallest absolute Gasteiger partial charge is 0.265 e. The van der Waals surface area contributed by atoms with Gasteiger partial charge in [-0.3, -0.25) is 9.59 Å². The molecule has 0 radical (unpaired) electrons. The third-order valence-corrected chi connectivity index (χ3v) is 5.69. The molecule has 0 atom stereocenters. The van der Waals surface area contributed by atoms with Crippen LogP contribution in [0.1, 0.15) is 15.4 Å². The Morgan fingerprint density at radius 3 is 2.62 bits per heavy atom. The highest BCUT2D eigenvalue weighted by Gasteiger charge is 2.24. The molecule has 3 aromatic rings. The van der Waals surface area contributed by atoms with Gasteiger partial charge in [0.25, 0.3) is 11.5 Å². The molecule has 1 amide bonds. The molecule has 134 valence electrons. The van der Waals surface area contributed by atoms with Crippen LogP contribution >= 0.6 is 11.3 Å². The van der Waals surface area contributed by atoms with Crippen molar-refractivity contribution in [2.45, 2.75) is 6.92 Å². The topological polar surface area (TPSA) is 71.3 Å². The molecule has 0 spiro atoms. The Labute approximate surface area is 154 Å². The summed E-state index contributed by atoms with van der Waals surface area (Å²) in [6.07, 6.45) is 1.54. The molecule has 1 fully saturated rings. The van der Waals surface area contributed by atoms with Gasteiger partial charge in [-0.1, -0.05) is 0 Å². The predicted octanol–water partition coefficient (Wildman–Crippen LogP) is 1.66. The van der Waals surface area contributed by atoms with Crippen LogP contribution in [0.25, 0.3) is 10.9 Å². The number of thiazole rings is 1. The number of benzene rings is 1. The number of aryl methyl sites for hydroxylation is 2. The highest BCUT2D eigenvalue weighted by Crippen LogP contribution is 2.22. The van der Waals surface area contributed by atoms with Crippen molar-refractivity contribution in [1.82, 2.24) is 19.4 Å². The number of amides is 1. The van der Waals surface area contributed by atoms with Gasteiger partial charge in [-0.15, -0.1) is 11.3 Å². The maximum absolute atomic E-state index is 12.6. The lowest BCUT2D eigenvalue weighted by Crippen LogP contribution is -2.48. The molecular formula is C18H19N5O2S. The van der Waals surface area contributed by atoms with E-state index in [4.69, 9.17) is 0 Å². The number of carbonyl (C=O) groups is 1. The number of anilines is 1. The number of piperazine rings is 1. The highest BCUT2D eigenvalue weighted by molar-refractivity contribution is 7.11. The van der Waals surface area contributed by atoms with Gasteiger partial charge in [-0.2, -0.15) is 0 Å². The van der Waals surface area contributed by atoms with Gasteiger partial charge < -0.3 is 14.4 Å². The van der Waals surface area contributed by atoms with Gasteiger partial charge in [0, 0.05) is 38.9 Å². The van der Waals surface area contributed by atoms with Crippen molar-refractivity contribution < 1.29 is 4.79 Å². The Balaban J connectivity index is 1.50. The lowest BCUT2D eigenvalue weighted by molar-refractivity contribution is 0.0750. The summed E-state index contributed by atoms with van der Waals surface area (Å²) in [5, 5.41) is 0.619. The zero-order valence-corrected chi connectivity index (χ0v) is 15.5. The number of hydrogen-bond donors (Lipinski definition) is 0. The molecule has 2 aromatic heterocycles. The van der Waals surface area contributed by atoms with Gasteiger partial charge in [0.2, 0.25) is 0 Å². The highest BCUT2D eigenvalue weighted by atomic mass is 32.1. The minimum atomic E-state index is -0.0445. The summed E-state index contributed by atoms with van der Waals surface area (Å²) in [6, 6.07) is 5.73. The Morgan fingerprint density at radius 2 is 1.92 bits per heavy atom. The Bertz CT molecular complexity index is 1030. The normalized spacial score (nSPS) is 14.8. The van der Waals surface area contributed by atoms with Crippen molar-refractivity contribution in [1.29, 1.82) is 0 Å². The largest absolute Gasteiger partial charge is 0.368 e. The zero-order chi connectivity index (χ0) is 18.3. The van der Waals surface area contributed by atoms with Gasteiger partial charge in [-0.05, 0) is 25.1 Å². The first-order chi connectivity index (χ1) is 12.5. The molecule has 1 saturated heterocycles. The third kappa shape index (κ3) is 2.86. The first-order valence-corrected chi connectivity index (χ1v) is 9.32. The minimum Gasteiger partial charge on any atom is -0.368 e.